The fourth-order valence-electron chi connectivity index (χ4n) is 3.42. The molecular weight excluding hydrogens is 320 g/mol. The van der Waals surface area contributed by atoms with E-state index in [1.54, 1.807) is 11.3 Å². The Hall–Kier alpha value is -2.02. The van der Waals surface area contributed by atoms with Crippen LogP contribution in [0.5, 0.6) is 0 Å². The Kier molecular flexibility index (Phi) is 3.75. The number of aryl methyl sites for hydroxylation is 5. The Morgan fingerprint density at radius 3 is 2.83 bits per heavy atom. The number of thiophene rings is 1. The highest BCUT2D eigenvalue weighted by Crippen LogP contribution is 2.33. The van der Waals surface area contributed by atoms with Gasteiger partial charge >= 0.3 is 0 Å². The molecule has 0 spiro atoms. The number of aromatic nitrogens is 5. The topological polar surface area (TPSA) is 68.5 Å². The molecule has 0 fully saturated rings. The van der Waals surface area contributed by atoms with E-state index in [0.717, 1.165) is 54.1 Å². The zero-order chi connectivity index (χ0) is 16.8. The van der Waals surface area contributed by atoms with Gasteiger partial charge in [-0.05, 0) is 45.6 Å². The van der Waals surface area contributed by atoms with Crippen molar-refractivity contribution in [2.24, 2.45) is 5.92 Å². The Morgan fingerprint density at radius 1 is 1.17 bits per heavy atom. The van der Waals surface area contributed by atoms with E-state index < -0.39 is 0 Å². The molecule has 3 aromatic heterocycles. The van der Waals surface area contributed by atoms with Gasteiger partial charge in [0.05, 0.1) is 5.39 Å². The first kappa shape index (κ1) is 15.5. The molecule has 0 aliphatic carbocycles. The molecule has 126 valence electrons. The van der Waals surface area contributed by atoms with Crippen LogP contribution in [0.4, 0.5) is 5.82 Å². The fraction of sp³-hybridized carbons (Fsp3) is 0.529. The lowest BCUT2D eigenvalue weighted by Gasteiger charge is -2.24. The molecule has 0 unspecified atom stereocenters. The summed E-state index contributed by atoms with van der Waals surface area (Å²) in [5, 5.41) is 13.2. The molecule has 0 radical (unpaired) electrons. The van der Waals surface area contributed by atoms with Gasteiger partial charge in [0.25, 0.3) is 0 Å². The molecule has 6 nitrogen and oxygen atoms in total. The minimum atomic E-state index is 0.567. The molecule has 7 heteroatoms. The lowest BCUT2D eigenvalue weighted by atomic mass is 9.99. The van der Waals surface area contributed by atoms with Crippen molar-refractivity contribution in [1.82, 2.24) is 24.7 Å². The monoisotopic (exact) mass is 342 g/mol. The van der Waals surface area contributed by atoms with Gasteiger partial charge in [-0.1, -0.05) is 0 Å². The summed E-state index contributed by atoms with van der Waals surface area (Å²) < 4.78 is 2.25. The van der Waals surface area contributed by atoms with Crippen molar-refractivity contribution in [2.45, 2.75) is 47.1 Å². The summed E-state index contributed by atoms with van der Waals surface area (Å²) in [6.07, 6.45) is 2.14. The van der Waals surface area contributed by atoms with E-state index in [1.165, 1.54) is 15.8 Å². The van der Waals surface area contributed by atoms with Gasteiger partial charge < -0.3 is 9.88 Å². The SMILES string of the molecule is Cc1nc(NC[C@@H]2CCc3nnc(C)n3C2)c2c(C)c(C)sc2n1. The van der Waals surface area contributed by atoms with Crippen LogP contribution >= 0.6 is 11.3 Å². The Bertz CT molecular complexity index is 910. The molecule has 0 aromatic carbocycles. The first-order chi connectivity index (χ1) is 11.5. The highest BCUT2D eigenvalue weighted by atomic mass is 32.1. The number of hydrogen-bond acceptors (Lipinski definition) is 6. The molecule has 0 bridgehead atoms. The van der Waals surface area contributed by atoms with Crippen LogP contribution in [0.3, 0.4) is 0 Å². The van der Waals surface area contributed by atoms with E-state index in [9.17, 15) is 0 Å². The van der Waals surface area contributed by atoms with Crippen molar-refractivity contribution < 1.29 is 0 Å². The predicted octanol–water partition coefficient (Wildman–Crippen LogP) is 3.19. The van der Waals surface area contributed by atoms with Crippen molar-refractivity contribution in [2.75, 3.05) is 11.9 Å². The fourth-order valence-corrected chi connectivity index (χ4v) is 4.50. The summed E-state index contributed by atoms with van der Waals surface area (Å²) in [5.74, 6) is 4.50. The lowest BCUT2D eigenvalue weighted by Crippen LogP contribution is -2.27. The molecule has 0 saturated carbocycles. The van der Waals surface area contributed by atoms with Gasteiger partial charge in [-0.15, -0.1) is 21.5 Å². The van der Waals surface area contributed by atoms with Crippen molar-refractivity contribution in [3.05, 3.63) is 27.9 Å². The molecule has 1 atom stereocenters. The molecular formula is C17H22N6S. The highest BCUT2D eigenvalue weighted by molar-refractivity contribution is 7.18. The van der Waals surface area contributed by atoms with Gasteiger partial charge in [-0.3, -0.25) is 0 Å². The van der Waals surface area contributed by atoms with Crippen LogP contribution in [0.25, 0.3) is 10.2 Å². The minimum Gasteiger partial charge on any atom is -0.369 e. The third kappa shape index (κ3) is 2.56. The number of rotatable bonds is 3. The third-order valence-corrected chi connectivity index (χ3v) is 6.03. The number of hydrogen-bond donors (Lipinski definition) is 1. The van der Waals surface area contributed by atoms with E-state index in [0.29, 0.717) is 5.92 Å². The van der Waals surface area contributed by atoms with Crippen LogP contribution in [0.2, 0.25) is 0 Å². The average molecular weight is 342 g/mol. The number of nitrogens with zero attached hydrogens (tertiary/aromatic N) is 5. The third-order valence-electron chi connectivity index (χ3n) is 4.93. The van der Waals surface area contributed by atoms with E-state index in [2.05, 4.69) is 43.9 Å². The van der Waals surface area contributed by atoms with Crippen molar-refractivity contribution >= 4 is 27.4 Å². The number of nitrogens with one attached hydrogen (secondary N) is 1. The molecule has 1 N–H and O–H groups in total. The van der Waals surface area contributed by atoms with E-state index in [1.807, 2.05) is 13.8 Å². The largest absolute Gasteiger partial charge is 0.369 e. The Balaban J connectivity index is 1.56. The van der Waals surface area contributed by atoms with Gasteiger partial charge in [0.2, 0.25) is 0 Å². The van der Waals surface area contributed by atoms with Crippen molar-refractivity contribution in [3.63, 3.8) is 0 Å². The van der Waals surface area contributed by atoms with Gasteiger partial charge in [0, 0.05) is 24.4 Å². The molecule has 4 rings (SSSR count). The lowest BCUT2D eigenvalue weighted by molar-refractivity contribution is 0.377. The average Bonchev–Trinajstić information content (AvgIpc) is 3.05. The van der Waals surface area contributed by atoms with Crippen LogP contribution in [0.15, 0.2) is 0 Å². The first-order valence-electron chi connectivity index (χ1n) is 8.40. The van der Waals surface area contributed by atoms with Crippen LogP contribution in [0, 0.1) is 33.6 Å². The summed E-state index contributed by atoms with van der Waals surface area (Å²) in [6, 6.07) is 0. The minimum absolute atomic E-state index is 0.567. The smallest absolute Gasteiger partial charge is 0.138 e. The number of fused-ring (bicyclic) bond motifs is 2. The Labute approximate surface area is 145 Å². The number of anilines is 1. The summed E-state index contributed by atoms with van der Waals surface area (Å²) in [6.45, 7) is 10.2. The molecule has 3 aromatic rings. The van der Waals surface area contributed by atoms with Crippen molar-refractivity contribution in [3.8, 4) is 0 Å². The summed E-state index contributed by atoms with van der Waals surface area (Å²) in [5.41, 5.74) is 1.29. The van der Waals surface area contributed by atoms with Gasteiger partial charge in [0.15, 0.2) is 0 Å². The molecule has 0 saturated heterocycles. The van der Waals surface area contributed by atoms with Crippen LogP contribution in [-0.2, 0) is 13.0 Å². The molecule has 24 heavy (non-hydrogen) atoms. The van der Waals surface area contributed by atoms with E-state index >= 15 is 0 Å². The first-order valence-corrected chi connectivity index (χ1v) is 9.21. The maximum Gasteiger partial charge on any atom is 0.138 e. The van der Waals surface area contributed by atoms with Gasteiger partial charge in [-0.2, -0.15) is 0 Å². The molecule has 4 heterocycles. The quantitative estimate of drug-likeness (QED) is 0.792. The second kappa shape index (κ2) is 5.81. The summed E-state index contributed by atoms with van der Waals surface area (Å²) in [7, 11) is 0. The second-order valence-corrected chi connectivity index (χ2v) is 7.85. The van der Waals surface area contributed by atoms with Gasteiger partial charge in [0.1, 0.15) is 28.1 Å². The van der Waals surface area contributed by atoms with Crippen LogP contribution in [0.1, 0.15) is 34.3 Å². The standard InChI is InChI=1S/C17H22N6S/c1-9-10(2)24-17-15(9)16(19-11(3)20-17)18-7-13-5-6-14-22-21-12(4)23(14)8-13/h13H,5-8H2,1-4H3,(H,18,19,20)/t13-/m0/s1. The molecule has 1 aliphatic heterocycles. The molecule has 1 aliphatic rings. The zero-order valence-corrected chi connectivity index (χ0v) is 15.4. The maximum atomic E-state index is 4.66. The predicted molar refractivity (Wildman–Crippen MR) is 96.7 cm³/mol. The van der Waals surface area contributed by atoms with E-state index in [-0.39, 0.29) is 0 Å². The maximum absolute atomic E-state index is 4.66. The van der Waals surface area contributed by atoms with Crippen molar-refractivity contribution in [1.29, 1.82) is 0 Å². The Morgan fingerprint density at radius 2 is 2.00 bits per heavy atom. The van der Waals surface area contributed by atoms with Crippen LogP contribution < -0.4 is 5.32 Å². The normalized spacial score (nSPS) is 17.2. The molecule has 0 amide bonds. The van der Waals surface area contributed by atoms with E-state index in [4.69, 9.17) is 0 Å². The van der Waals surface area contributed by atoms with Gasteiger partial charge in [-0.25, -0.2) is 9.97 Å². The zero-order valence-electron chi connectivity index (χ0n) is 14.6. The second-order valence-electron chi connectivity index (χ2n) is 6.64. The summed E-state index contributed by atoms with van der Waals surface area (Å²) in [4.78, 5) is 11.7. The summed E-state index contributed by atoms with van der Waals surface area (Å²) >= 11 is 1.75. The van der Waals surface area contributed by atoms with Crippen LogP contribution in [-0.4, -0.2) is 31.3 Å². The highest BCUT2D eigenvalue weighted by Gasteiger charge is 2.22.